The van der Waals surface area contributed by atoms with Crippen LogP contribution in [0.25, 0.3) is 0 Å². The molecule has 0 aromatic heterocycles. The molecule has 1 fully saturated rings. The number of nitrogens with zero attached hydrogens (tertiary/aromatic N) is 1. The minimum Gasteiger partial charge on any atom is -0.542 e. The van der Waals surface area contributed by atoms with Gasteiger partial charge in [-0.3, -0.25) is 0 Å². The van der Waals surface area contributed by atoms with Crippen LogP contribution in [0.1, 0.15) is 50.8 Å². The van der Waals surface area contributed by atoms with E-state index in [0.29, 0.717) is 12.3 Å². The number of benzene rings is 3. The molecular formula is C36H45F3N5O5S+. The predicted molar refractivity (Wildman–Crippen MR) is 182 cm³/mol. The van der Waals surface area contributed by atoms with Gasteiger partial charge in [-0.05, 0) is 30.2 Å². The van der Waals surface area contributed by atoms with Crippen LogP contribution in [0.5, 0.6) is 0 Å². The van der Waals surface area contributed by atoms with Crippen molar-refractivity contribution in [3.8, 4) is 0 Å². The lowest BCUT2D eigenvalue weighted by molar-refractivity contribution is -0.910. The Bertz CT molecular complexity index is 1700. The topological polar surface area (TPSA) is 137 Å². The number of sulfonamides is 1. The van der Waals surface area contributed by atoms with Gasteiger partial charge >= 0.3 is 12.2 Å². The monoisotopic (exact) mass is 716 g/mol. The number of piperidine rings is 1. The van der Waals surface area contributed by atoms with E-state index < -0.39 is 28.2 Å². The Labute approximate surface area is 291 Å². The van der Waals surface area contributed by atoms with Gasteiger partial charge in [0.15, 0.2) is 0 Å². The molecule has 0 radical (unpaired) electrons. The van der Waals surface area contributed by atoms with Gasteiger partial charge in [-0.25, -0.2) is 17.9 Å². The van der Waals surface area contributed by atoms with Gasteiger partial charge < -0.3 is 20.1 Å². The summed E-state index contributed by atoms with van der Waals surface area (Å²) in [4.78, 5) is 23.2. The maximum absolute atomic E-state index is 12.8. The van der Waals surface area contributed by atoms with Gasteiger partial charge in [0.1, 0.15) is 23.9 Å². The highest BCUT2D eigenvalue weighted by Crippen LogP contribution is 2.20. The van der Waals surface area contributed by atoms with E-state index in [0.717, 1.165) is 56.7 Å². The number of aliphatic carboxylic acids is 1. The van der Waals surface area contributed by atoms with E-state index in [1.54, 1.807) is 18.2 Å². The number of amides is 2. The predicted octanol–water partition coefficient (Wildman–Crippen LogP) is 2.44. The van der Waals surface area contributed by atoms with E-state index >= 15 is 0 Å². The van der Waals surface area contributed by atoms with Crippen molar-refractivity contribution >= 4 is 27.7 Å². The van der Waals surface area contributed by atoms with E-state index in [4.69, 9.17) is 15.0 Å². The van der Waals surface area contributed by atoms with E-state index in [1.807, 2.05) is 36.4 Å². The summed E-state index contributed by atoms with van der Waals surface area (Å²) < 4.78 is 59.1. The highest BCUT2D eigenvalue weighted by atomic mass is 32.2. The van der Waals surface area contributed by atoms with Gasteiger partial charge in [0.2, 0.25) is 0 Å². The highest BCUT2D eigenvalue weighted by Gasteiger charge is 2.34. The number of allylic oxidation sites excluding steroid dienone is 2. The van der Waals surface area contributed by atoms with Crippen molar-refractivity contribution in [2.24, 2.45) is 11.0 Å². The summed E-state index contributed by atoms with van der Waals surface area (Å²) in [6, 6.07) is 27.2. The molecule has 4 N–H and O–H groups in total. The van der Waals surface area contributed by atoms with Crippen molar-refractivity contribution in [2.45, 2.75) is 57.1 Å². The number of hydrogen-bond donors (Lipinski definition) is 4. The third-order valence-corrected chi connectivity index (χ3v) is 9.78. The number of urea groups is 1. The summed E-state index contributed by atoms with van der Waals surface area (Å²) in [5, 5.41) is 17.9. The van der Waals surface area contributed by atoms with Crippen molar-refractivity contribution in [3.05, 3.63) is 114 Å². The molecule has 270 valence electrons. The van der Waals surface area contributed by atoms with Crippen molar-refractivity contribution in [1.82, 2.24) is 10.0 Å². The molecule has 2 aliphatic rings. The van der Waals surface area contributed by atoms with Crippen LogP contribution in [0.3, 0.4) is 0 Å². The number of quaternary nitrogens is 2. The second kappa shape index (κ2) is 18.5. The molecule has 0 bridgehead atoms. The molecule has 5 rings (SSSR count). The fraction of sp³-hybridized carbons (Fsp3) is 0.361. The maximum atomic E-state index is 12.8. The number of halogens is 3. The molecule has 2 amide bonds. The smallest absolute Gasteiger partial charge is 0.430 e. The number of carbonyl (C=O) groups is 2. The number of rotatable bonds is 11. The number of likely N-dealkylation sites (tertiary alicyclic amines) is 1. The molecule has 0 aliphatic carbocycles. The standard InChI is InChI=1S/C33H39N5O3S.C2HF3O2.CH4/c1-2-38-32(25-29(35-38)24-26-12-6-3-7-13-26)28-18-21-37(22-19-28)23-20-31(27-14-8-4-9-15-27)34-33(39)36-42(40,41)30-16-10-5-11-17-30;3-2(4,5)1(6)7;/h3-17,25,28,31H,2,18-24H2,1H3,(H2,34,36,39);(H,6,7);1H4/p+1/t31-;;/m0../s1. The molecule has 2 aliphatic heterocycles. The average molecular weight is 717 g/mol. The molecule has 14 heteroatoms. The van der Waals surface area contributed by atoms with Gasteiger partial charge in [-0.1, -0.05) is 91.4 Å². The normalized spacial score (nSPS) is 19.4. The maximum Gasteiger partial charge on any atom is 0.430 e. The Kier molecular flexibility index (Phi) is 14.7. The zero-order valence-corrected chi connectivity index (χ0v) is 27.9. The summed E-state index contributed by atoms with van der Waals surface area (Å²) in [6.45, 7) is 6.14. The lowest BCUT2D eigenvalue weighted by atomic mass is 9.91. The minimum atomic E-state index is -5.19. The van der Waals surface area contributed by atoms with Gasteiger partial charge in [-0.2, -0.15) is 18.2 Å². The van der Waals surface area contributed by atoms with Crippen LogP contribution < -0.4 is 25.1 Å². The first-order valence-corrected chi connectivity index (χ1v) is 17.6. The quantitative estimate of drug-likeness (QED) is 0.242. The molecule has 2 atom stereocenters. The Morgan fingerprint density at radius 3 is 2.02 bits per heavy atom. The fourth-order valence-electron chi connectivity index (χ4n) is 5.98. The molecule has 10 nitrogen and oxygen atoms in total. The minimum absolute atomic E-state index is 0. The van der Waals surface area contributed by atoms with Gasteiger partial charge in [0.25, 0.3) is 10.0 Å². The third-order valence-electron chi connectivity index (χ3n) is 8.44. The zero-order chi connectivity index (χ0) is 35.4. The van der Waals surface area contributed by atoms with Crippen LogP contribution in [0.4, 0.5) is 18.0 Å². The molecule has 0 spiro atoms. The summed E-state index contributed by atoms with van der Waals surface area (Å²) in [5.41, 5.74) is 4.83. The Morgan fingerprint density at radius 2 is 1.48 bits per heavy atom. The zero-order valence-electron chi connectivity index (χ0n) is 27.1. The third kappa shape index (κ3) is 11.8. The first-order chi connectivity index (χ1) is 23.4. The Balaban J connectivity index is 0.000000766. The second-order valence-electron chi connectivity index (χ2n) is 11.9. The van der Waals surface area contributed by atoms with E-state index in [1.165, 1.54) is 33.3 Å². The van der Waals surface area contributed by atoms with Crippen LogP contribution in [0.2, 0.25) is 0 Å². The molecule has 1 unspecified atom stereocenters. The number of hydrogen-bond acceptors (Lipinski definition) is 6. The van der Waals surface area contributed by atoms with Crippen molar-refractivity contribution in [1.29, 1.82) is 0 Å². The Hall–Kier alpha value is -4.53. The van der Waals surface area contributed by atoms with Crippen molar-refractivity contribution in [3.63, 3.8) is 0 Å². The van der Waals surface area contributed by atoms with Crippen LogP contribution in [0.15, 0.2) is 113 Å². The highest BCUT2D eigenvalue weighted by molar-refractivity contribution is 7.90. The first kappa shape index (κ1) is 39.9. The molecule has 3 aromatic rings. The van der Waals surface area contributed by atoms with E-state index in [9.17, 15) is 26.4 Å². The SMILES string of the molecule is C.CC[NH+]1N=C(Cc2ccccc2)C=C1C1CC[NH+](CC[C@H](NC(=O)NS(=O)(=O)c2ccccc2)c2ccccc2)CC1.O=C([O-])C(F)(F)F. The summed E-state index contributed by atoms with van der Waals surface area (Å²) in [7, 11) is -3.95. The van der Waals surface area contributed by atoms with Crippen LogP contribution in [-0.2, 0) is 21.2 Å². The number of nitrogens with one attached hydrogen (secondary N) is 4. The number of carbonyl (C=O) groups excluding carboxylic acids is 2. The molecule has 2 heterocycles. The Morgan fingerprint density at radius 1 is 0.940 bits per heavy atom. The van der Waals surface area contributed by atoms with Crippen LogP contribution >= 0.6 is 0 Å². The molecule has 1 saturated heterocycles. The van der Waals surface area contributed by atoms with Crippen molar-refractivity contribution < 1.29 is 46.2 Å². The van der Waals surface area contributed by atoms with Gasteiger partial charge in [0, 0.05) is 37.7 Å². The second-order valence-corrected chi connectivity index (χ2v) is 13.6. The number of carboxylic acids is 1. The molecular weight excluding hydrogens is 671 g/mol. The lowest BCUT2D eigenvalue weighted by Gasteiger charge is -2.31. The average Bonchev–Trinajstić information content (AvgIpc) is 3.50. The van der Waals surface area contributed by atoms with Crippen LogP contribution in [-0.4, -0.2) is 58.5 Å². The fourth-order valence-corrected chi connectivity index (χ4v) is 6.91. The summed E-state index contributed by atoms with van der Waals surface area (Å²) in [5.74, 6) is -2.48. The largest absolute Gasteiger partial charge is 0.542 e. The van der Waals surface area contributed by atoms with Gasteiger partial charge in [0.05, 0.1) is 30.6 Å². The van der Waals surface area contributed by atoms with Crippen LogP contribution in [0, 0.1) is 5.92 Å². The number of alkyl halides is 3. The van der Waals surface area contributed by atoms with Crippen molar-refractivity contribution in [2.75, 3.05) is 26.2 Å². The number of carboxylic acid groups (broad SMARTS) is 1. The summed E-state index contributed by atoms with van der Waals surface area (Å²) in [6.07, 6.45) is 0.934. The van der Waals surface area contributed by atoms with E-state index in [-0.39, 0.29) is 18.4 Å². The van der Waals surface area contributed by atoms with Gasteiger partial charge in [-0.15, -0.1) is 0 Å². The lowest BCUT2D eigenvalue weighted by Crippen LogP contribution is -3.13. The first-order valence-electron chi connectivity index (χ1n) is 16.1. The van der Waals surface area contributed by atoms with E-state index in [2.05, 4.69) is 47.3 Å². The molecule has 0 saturated carbocycles. The summed E-state index contributed by atoms with van der Waals surface area (Å²) >= 11 is 0. The molecule has 3 aromatic carbocycles. The molecule has 50 heavy (non-hydrogen) atoms.